The SMILES string of the molecule is COC(=O)[C@H]1CCCCN1C(=O)CN1CSCC1=O. The molecular weight excluding hydrogens is 268 g/mol. The van der Waals surface area contributed by atoms with Crippen LogP contribution in [0.15, 0.2) is 0 Å². The number of nitrogens with zero attached hydrogens (tertiary/aromatic N) is 2. The number of thioether (sulfide) groups is 1. The predicted octanol–water partition coefficient (Wildman–Crippen LogP) is 0.0734. The van der Waals surface area contributed by atoms with Crippen molar-refractivity contribution in [3.8, 4) is 0 Å². The Balaban J connectivity index is 1.99. The van der Waals surface area contributed by atoms with E-state index in [0.29, 0.717) is 24.6 Å². The van der Waals surface area contributed by atoms with Crippen molar-refractivity contribution in [3.05, 3.63) is 0 Å². The fourth-order valence-corrected chi connectivity index (χ4v) is 3.31. The molecule has 2 heterocycles. The molecule has 0 aromatic heterocycles. The van der Waals surface area contributed by atoms with Crippen LogP contribution in [0.1, 0.15) is 19.3 Å². The Hall–Kier alpha value is -1.24. The van der Waals surface area contributed by atoms with E-state index in [4.69, 9.17) is 4.74 Å². The fourth-order valence-electron chi connectivity index (χ4n) is 2.41. The quantitative estimate of drug-likeness (QED) is 0.687. The Morgan fingerprint density at radius 3 is 2.84 bits per heavy atom. The Kier molecular flexibility index (Phi) is 4.68. The highest BCUT2D eigenvalue weighted by atomic mass is 32.2. The second-order valence-electron chi connectivity index (χ2n) is 4.69. The van der Waals surface area contributed by atoms with Gasteiger partial charge in [0.05, 0.1) is 18.7 Å². The maximum absolute atomic E-state index is 12.2. The van der Waals surface area contributed by atoms with Gasteiger partial charge in [-0.05, 0) is 19.3 Å². The molecule has 7 heteroatoms. The number of likely N-dealkylation sites (tertiary alicyclic amines) is 1. The Bertz CT molecular complexity index is 388. The Labute approximate surface area is 116 Å². The number of esters is 1. The van der Waals surface area contributed by atoms with Gasteiger partial charge in [-0.25, -0.2) is 4.79 Å². The van der Waals surface area contributed by atoms with Gasteiger partial charge >= 0.3 is 5.97 Å². The summed E-state index contributed by atoms with van der Waals surface area (Å²) < 4.78 is 4.74. The van der Waals surface area contributed by atoms with Gasteiger partial charge in [-0.3, -0.25) is 9.59 Å². The maximum Gasteiger partial charge on any atom is 0.328 e. The zero-order valence-corrected chi connectivity index (χ0v) is 11.8. The smallest absolute Gasteiger partial charge is 0.328 e. The van der Waals surface area contributed by atoms with Crippen molar-refractivity contribution >= 4 is 29.5 Å². The van der Waals surface area contributed by atoms with Crippen molar-refractivity contribution < 1.29 is 19.1 Å². The van der Waals surface area contributed by atoms with Gasteiger partial charge in [0, 0.05) is 6.54 Å². The molecule has 0 saturated carbocycles. The number of carbonyl (C=O) groups is 3. The second kappa shape index (κ2) is 6.27. The van der Waals surface area contributed by atoms with Crippen LogP contribution in [0.25, 0.3) is 0 Å². The van der Waals surface area contributed by atoms with E-state index >= 15 is 0 Å². The molecule has 0 bridgehead atoms. The third-order valence-corrected chi connectivity index (χ3v) is 4.39. The molecular formula is C12H18N2O4S. The van der Waals surface area contributed by atoms with Crippen molar-refractivity contribution in [2.75, 3.05) is 31.8 Å². The third-order valence-electron chi connectivity index (χ3n) is 3.45. The lowest BCUT2D eigenvalue weighted by Gasteiger charge is -2.34. The number of hydrogen-bond acceptors (Lipinski definition) is 5. The lowest BCUT2D eigenvalue weighted by molar-refractivity contribution is -0.155. The highest BCUT2D eigenvalue weighted by molar-refractivity contribution is 8.00. The predicted molar refractivity (Wildman–Crippen MR) is 70.4 cm³/mol. The summed E-state index contributed by atoms with van der Waals surface area (Å²) in [7, 11) is 1.33. The highest BCUT2D eigenvalue weighted by Crippen LogP contribution is 2.20. The number of amides is 2. The first-order valence-electron chi connectivity index (χ1n) is 6.36. The van der Waals surface area contributed by atoms with Crippen LogP contribution in [0.4, 0.5) is 0 Å². The number of carbonyl (C=O) groups excluding carboxylic acids is 3. The minimum Gasteiger partial charge on any atom is -0.467 e. The first-order valence-corrected chi connectivity index (χ1v) is 7.51. The lowest BCUT2D eigenvalue weighted by Crippen LogP contribution is -2.51. The molecule has 0 unspecified atom stereocenters. The molecule has 0 aromatic rings. The lowest BCUT2D eigenvalue weighted by atomic mass is 10.0. The topological polar surface area (TPSA) is 66.9 Å². The summed E-state index contributed by atoms with van der Waals surface area (Å²) in [5.41, 5.74) is 0. The van der Waals surface area contributed by atoms with Crippen LogP contribution in [-0.4, -0.2) is 65.5 Å². The van der Waals surface area contributed by atoms with Crippen LogP contribution < -0.4 is 0 Å². The van der Waals surface area contributed by atoms with Gasteiger partial charge in [0.1, 0.15) is 12.6 Å². The molecule has 19 heavy (non-hydrogen) atoms. The molecule has 0 aromatic carbocycles. The van der Waals surface area contributed by atoms with Crippen molar-refractivity contribution in [2.24, 2.45) is 0 Å². The Morgan fingerprint density at radius 2 is 2.21 bits per heavy atom. The van der Waals surface area contributed by atoms with Gasteiger partial charge in [0.2, 0.25) is 11.8 Å². The highest BCUT2D eigenvalue weighted by Gasteiger charge is 2.34. The minimum atomic E-state index is -0.489. The van der Waals surface area contributed by atoms with Crippen LogP contribution >= 0.6 is 11.8 Å². The summed E-state index contributed by atoms with van der Waals surface area (Å²) in [5, 5.41) is 0. The number of piperidine rings is 1. The maximum atomic E-state index is 12.2. The summed E-state index contributed by atoms with van der Waals surface area (Å²) >= 11 is 1.50. The van der Waals surface area contributed by atoms with Gasteiger partial charge in [-0.2, -0.15) is 0 Å². The molecule has 2 rings (SSSR count). The van der Waals surface area contributed by atoms with Crippen LogP contribution in [0, 0.1) is 0 Å². The molecule has 0 N–H and O–H groups in total. The number of ether oxygens (including phenoxy) is 1. The summed E-state index contributed by atoms with van der Waals surface area (Å²) in [6.07, 6.45) is 2.45. The molecule has 6 nitrogen and oxygen atoms in total. The molecule has 2 aliphatic heterocycles. The summed E-state index contributed by atoms with van der Waals surface area (Å²) in [5.74, 6) is 0.459. The van der Waals surface area contributed by atoms with E-state index < -0.39 is 6.04 Å². The van der Waals surface area contributed by atoms with E-state index in [2.05, 4.69) is 0 Å². The molecule has 1 atom stereocenters. The first-order chi connectivity index (χ1) is 9.13. The molecule has 106 valence electrons. The third kappa shape index (κ3) is 3.20. The van der Waals surface area contributed by atoms with Gasteiger partial charge in [0.15, 0.2) is 0 Å². The van der Waals surface area contributed by atoms with Crippen LogP contribution in [0.3, 0.4) is 0 Å². The van der Waals surface area contributed by atoms with E-state index in [1.807, 2.05) is 0 Å². The zero-order chi connectivity index (χ0) is 13.8. The summed E-state index contributed by atoms with van der Waals surface area (Å²) in [4.78, 5) is 38.5. The van der Waals surface area contributed by atoms with Crippen molar-refractivity contribution in [2.45, 2.75) is 25.3 Å². The number of methoxy groups -OCH3 is 1. The molecule has 2 aliphatic rings. The van der Waals surface area contributed by atoms with Crippen molar-refractivity contribution in [3.63, 3.8) is 0 Å². The molecule has 2 saturated heterocycles. The number of rotatable bonds is 3. The molecule has 0 aliphatic carbocycles. The van der Waals surface area contributed by atoms with Gasteiger partial charge in [0.25, 0.3) is 0 Å². The molecule has 2 fully saturated rings. The van der Waals surface area contributed by atoms with Crippen molar-refractivity contribution in [1.82, 2.24) is 9.80 Å². The number of hydrogen-bond donors (Lipinski definition) is 0. The molecule has 2 amide bonds. The van der Waals surface area contributed by atoms with E-state index in [0.717, 1.165) is 12.8 Å². The van der Waals surface area contributed by atoms with Crippen LogP contribution in [0.2, 0.25) is 0 Å². The fraction of sp³-hybridized carbons (Fsp3) is 0.750. The first kappa shape index (κ1) is 14.2. The average molecular weight is 286 g/mol. The minimum absolute atomic E-state index is 0.00928. The van der Waals surface area contributed by atoms with Gasteiger partial charge in [-0.15, -0.1) is 11.8 Å². The van der Waals surface area contributed by atoms with Crippen LogP contribution in [-0.2, 0) is 19.1 Å². The summed E-state index contributed by atoms with van der Waals surface area (Å²) in [6, 6.07) is -0.489. The zero-order valence-electron chi connectivity index (χ0n) is 11.0. The largest absolute Gasteiger partial charge is 0.467 e. The molecule has 0 radical (unpaired) electrons. The van der Waals surface area contributed by atoms with E-state index in [9.17, 15) is 14.4 Å². The van der Waals surface area contributed by atoms with E-state index in [-0.39, 0.29) is 24.3 Å². The second-order valence-corrected chi connectivity index (χ2v) is 5.65. The average Bonchev–Trinajstić information content (AvgIpc) is 2.83. The monoisotopic (exact) mass is 286 g/mol. The van der Waals surface area contributed by atoms with Crippen molar-refractivity contribution in [1.29, 1.82) is 0 Å². The van der Waals surface area contributed by atoms with E-state index in [1.54, 1.807) is 4.90 Å². The van der Waals surface area contributed by atoms with Gasteiger partial charge < -0.3 is 14.5 Å². The standard InChI is InChI=1S/C12H18N2O4S/c1-18-12(17)9-4-2-3-5-14(9)10(15)6-13-8-19-7-11(13)16/h9H,2-8H2,1H3/t9-/m1/s1. The normalized spacial score (nSPS) is 23.6. The van der Waals surface area contributed by atoms with E-state index in [1.165, 1.54) is 23.8 Å². The summed E-state index contributed by atoms with van der Waals surface area (Å²) in [6.45, 7) is 0.632. The Morgan fingerprint density at radius 1 is 1.42 bits per heavy atom. The molecule has 0 spiro atoms. The van der Waals surface area contributed by atoms with Crippen LogP contribution in [0.5, 0.6) is 0 Å². The van der Waals surface area contributed by atoms with Gasteiger partial charge in [-0.1, -0.05) is 0 Å².